The molecule has 0 saturated carbocycles. The minimum atomic E-state index is -0.780. The van der Waals surface area contributed by atoms with Gasteiger partial charge in [0.15, 0.2) is 6.10 Å². The second kappa shape index (κ2) is 68.3. The quantitative estimate of drug-likeness (QED) is 0.0261. The number of rotatable bonds is 64. The van der Waals surface area contributed by atoms with Gasteiger partial charge in [0.1, 0.15) is 13.2 Å². The molecule has 0 radical (unpaired) electrons. The van der Waals surface area contributed by atoms with Crippen molar-refractivity contribution in [1.29, 1.82) is 0 Å². The molecule has 0 aromatic heterocycles. The fourth-order valence-corrected chi connectivity index (χ4v) is 10.2. The molecule has 6 nitrogen and oxygen atoms in total. The fourth-order valence-electron chi connectivity index (χ4n) is 10.2. The maximum Gasteiger partial charge on any atom is 0.306 e. The highest BCUT2D eigenvalue weighted by Gasteiger charge is 2.19. The van der Waals surface area contributed by atoms with Gasteiger partial charge in [0.25, 0.3) is 0 Å². The molecule has 0 aromatic rings. The monoisotopic (exact) mass is 1120 g/mol. The zero-order valence-electron chi connectivity index (χ0n) is 53.3. The topological polar surface area (TPSA) is 78.9 Å². The molecular formula is C74H132O6. The summed E-state index contributed by atoms with van der Waals surface area (Å²) in [6, 6.07) is 0. The van der Waals surface area contributed by atoms with Crippen molar-refractivity contribution in [2.45, 2.75) is 367 Å². The molecule has 464 valence electrons. The van der Waals surface area contributed by atoms with Crippen molar-refractivity contribution in [3.05, 3.63) is 72.9 Å². The first-order valence-corrected chi connectivity index (χ1v) is 34.9. The number of ether oxygens (including phenoxy) is 3. The molecule has 0 N–H and O–H groups in total. The number of carbonyl (C=O) groups is 3. The summed E-state index contributed by atoms with van der Waals surface area (Å²) in [4.78, 5) is 38.5. The molecule has 0 aromatic carbocycles. The highest BCUT2D eigenvalue weighted by atomic mass is 16.6. The molecule has 0 spiro atoms. The summed E-state index contributed by atoms with van der Waals surface area (Å²) in [6.45, 7) is 6.57. The molecule has 1 atom stereocenters. The lowest BCUT2D eigenvalue weighted by molar-refractivity contribution is -0.167. The van der Waals surface area contributed by atoms with Gasteiger partial charge < -0.3 is 14.2 Å². The maximum atomic E-state index is 13.0. The summed E-state index contributed by atoms with van der Waals surface area (Å²) in [5.74, 6) is -0.860. The molecule has 0 bridgehead atoms. The lowest BCUT2D eigenvalue weighted by Gasteiger charge is -2.18. The molecule has 0 heterocycles. The van der Waals surface area contributed by atoms with Crippen LogP contribution in [-0.2, 0) is 28.6 Å². The molecule has 80 heavy (non-hydrogen) atoms. The lowest BCUT2D eigenvalue weighted by atomic mass is 10.0. The first-order valence-electron chi connectivity index (χ1n) is 34.9. The van der Waals surface area contributed by atoms with E-state index in [0.717, 1.165) is 89.9 Å². The Morgan fingerprint density at radius 2 is 0.487 bits per heavy atom. The number of unbranched alkanes of at least 4 members (excludes halogenated alkanes) is 41. The third-order valence-electron chi connectivity index (χ3n) is 15.4. The predicted octanol–water partition coefficient (Wildman–Crippen LogP) is 24.1. The highest BCUT2D eigenvalue weighted by Crippen LogP contribution is 2.18. The Balaban J connectivity index is 4.36. The Bertz CT molecular complexity index is 1470. The van der Waals surface area contributed by atoms with Crippen LogP contribution in [0.5, 0.6) is 0 Å². The van der Waals surface area contributed by atoms with Gasteiger partial charge in [-0.15, -0.1) is 0 Å². The van der Waals surface area contributed by atoms with E-state index in [9.17, 15) is 14.4 Å². The van der Waals surface area contributed by atoms with Gasteiger partial charge >= 0.3 is 17.9 Å². The van der Waals surface area contributed by atoms with Gasteiger partial charge in [-0.05, 0) is 89.9 Å². The van der Waals surface area contributed by atoms with Crippen LogP contribution in [0.3, 0.4) is 0 Å². The van der Waals surface area contributed by atoms with Crippen LogP contribution >= 0.6 is 0 Å². The van der Waals surface area contributed by atoms with Crippen molar-refractivity contribution in [2.24, 2.45) is 0 Å². The second-order valence-corrected chi connectivity index (χ2v) is 23.4. The van der Waals surface area contributed by atoms with Gasteiger partial charge in [0.2, 0.25) is 0 Å². The Morgan fingerprint density at radius 1 is 0.263 bits per heavy atom. The van der Waals surface area contributed by atoms with Gasteiger partial charge in [0, 0.05) is 19.3 Å². The van der Waals surface area contributed by atoms with E-state index in [1.54, 1.807) is 0 Å². The van der Waals surface area contributed by atoms with Crippen LogP contribution in [0.15, 0.2) is 72.9 Å². The molecule has 1 unspecified atom stereocenters. The first kappa shape index (κ1) is 76.9. The highest BCUT2D eigenvalue weighted by molar-refractivity contribution is 5.71. The second-order valence-electron chi connectivity index (χ2n) is 23.4. The van der Waals surface area contributed by atoms with E-state index in [0.29, 0.717) is 19.3 Å². The minimum Gasteiger partial charge on any atom is -0.462 e. The average molecular weight is 1120 g/mol. The summed E-state index contributed by atoms with van der Waals surface area (Å²) in [7, 11) is 0. The van der Waals surface area contributed by atoms with E-state index in [-0.39, 0.29) is 31.1 Å². The average Bonchev–Trinajstić information content (AvgIpc) is 3.46. The van der Waals surface area contributed by atoms with Gasteiger partial charge in [-0.2, -0.15) is 0 Å². The molecule has 6 heteroatoms. The predicted molar refractivity (Wildman–Crippen MR) is 348 cm³/mol. The van der Waals surface area contributed by atoms with Gasteiger partial charge in [-0.25, -0.2) is 0 Å². The van der Waals surface area contributed by atoms with Crippen molar-refractivity contribution in [3.63, 3.8) is 0 Å². The van der Waals surface area contributed by atoms with Crippen LogP contribution in [0.2, 0.25) is 0 Å². The van der Waals surface area contributed by atoms with E-state index in [4.69, 9.17) is 14.2 Å². The van der Waals surface area contributed by atoms with Crippen molar-refractivity contribution in [1.82, 2.24) is 0 Å². The number of hydrogen-bond donors (Lipinski definition) is 0. The van der Waals surface area contributed by atoms with Crippen LogP contribution in [0.25, 0.3) is 0 Å². The van der Waals surface area contributed by atoms with Crippen molar-refractivity contribution in [2.75, 3.05) is 13.2 Å². The minimum absolute atomic E-state index is 0.0743. The van der Waals surface area contributed by atoms with Gasteiger partial charge in [-0.3, -0.25) is 14.4 Å². The molecular weight excluding hydrogens is 985 g/mol. The van der Waals surface area contributed by atoms with Gasteiger partial charge in [0.05, 0.1) is 0 Å². The van der Waals surface area contributed by atoms with Crippen LogP contribution in [0.4, 0.5) is 0 Å². The van der Waals surface area contributed by atoms with Gasteiger partial charge in [-0.1, -0.05) is 325 Å². The summed E-state index contributed by atoms with van der Waals surface area (Å²) < 4.78 is 17.0. The Morgan fingerprint density at radius 3 is 0.762 bits per heavy atom. The van der Waals surface area contributed by atoms with E-state index in [1.165, 1.54) is 231 Å². The number of esters is 3. The van der Waals surface area contributed by atoms with Crippen LogP contribution < -0.4 is 0 Å². The Kier molecular flexibility index (Phi) is 65.7. The van der Waals surface area contributed by atoms with Crippen molar-refractivity contribution < 1.29 is 28.6 Å². The zero-order valence-corrected chi connectivity index (χ0v) is 53.3. The maximum absolute atomic E-state index is 13.0. The van der Waals surface area contributed by atoms with Crippen molar-refractivity contribution in [3.8, 4) is 0 Å². The number of hydrogen-bond acceptors (Lipinski definition) is 6. The number of allylic oxidation sites excluding steroid dienone is 12. The Labute approximate surface area is 497 Å². The molecule has 0 aliphatic heterocycles. The summed E-state index contributed by atoms with van der Waals surface area (Å²) in [6.07, 6.45) is 89.1. The van der Waals surface area contributed by atoms with Crippen LogP contribution in [0.1, 0.15) is 361 Å². The molecule has 0 saturated heterocycles. The summed E-state index contributed by atoms with van der Waals surface area (Å²) in [5, 5.41) is 0. The SMILES string of the molecule is CC/C=C\C/C=C\C/C=C\C/C=C\CCCCCCCCCCCCC(=O)OCC(COC(=O)CCCCCCCCCCCCCCCCCCCC)OC(=O)CCCCCCCCCCC/C=C\C/C=C\CCCCCCC. The number of carbonyl (C=O) groups excluding carboxylic acids is 3. The van der Waals surface area contributed by atoms with E-state index in [2.05, 4.69) is 93.7 Å². The smallest absolute Gasteiger partial charge is 0.306 e. The van der Waals surface area contributed by atoms with E-state index < -0.39 is 6.10 Å². The summed E-state index contributed by atoms with van der Waals surface area (Å²) in [5.41, 5.74) is 0. The Hall–Kier alpha value is -3.15. The van der Waals surface area contributed by atoms with E-state index in [1.807, 2.05) is 0 Å². The standard InChI is InChI=1S/C74H132O6/c1-4-7-10-13-16-19-22-25-28-31-34-36-37-39-40-43-46-49-52-55-58-61-64-67-73(76)79-70-71(69-78-72(75)66-63-60-57-54-51-48-45-42-33-30-27-24-21-18-15-12-9-6-3)80-74(77)68-65-62-59-56-53-50-47-44-41-38-35-32-29-26-23-20-17-14-11-8-5-2/h7,10,16,19,23,25-26,28,32,34-36,71H,4-6,8-9,11-15,17-18,20-22,24,27,29-31,33,37-70H2,1-3H3/b10-7-,19-16-,26-23-,28-25-,35-32-,36-34-. The first-order chi connectivity index (χ1) is 39.5. The molecule has 0 aliphatic rings. The zero-order chi connectivity index (χ0) is 57.8. The normalized spacial score (nSPS) is 12.5. The van der Waals surface area contributed by atoms with Crippen LogP contribution in [0, 0.1) is 0 Å². The fraction of sp³-hybridized carbons (Fsp3) is 0.797. The largest absolute Gasteiger partial charge is 0.462 e. The van der Waals surface area contributed by atoms with E-state index >= 15 is 0 Å². The van der Waals surface area contributed by atoms with Crippen molar-refractivity contribution >= 4 is 17.9 Å². The third-order valence-corrected chi connectivity index (χ3v) is 15.4. The molecule has 0 amide bonds. The molecule has 0 fully saturated rings. The lowest BCUT2D eigenvalue weighted by Crippen LogP contribution is -2.30. The molecule has 0 rings (SSSR count). The van der Waals surface area contributed by atoms with Crippen LogP contribution in [-0.4, -0.2) is 37.2 Å². The molecule has 0 aliphatic carbocycles. The summed E-state index contributed by atoms with van der Waals surface area (Å²) >= 11 is 0. The third kappa shape index (κ3) is 65.7.